The number of amides is 1. The summed E-state index contributed by atoms with van der Waals surface area (Å²) < 4.78 is 1.84. The summed E-state index contributed by atoms with van der Waals surface area (Å²) in [5, 5.41) is 0. The van der Waals surface area contributed by atoms with Crippen LogP contribution in [0.1, 0.15) is 48.9 Å². The number of piperidine rings is 1. The van der Waals surface area contributed by atoms with Crippen LogP contribution in [0.15, 0.2) is 37.1 Å². The van der Waals surface area contributed by atoms with Gasteiger partial charge in [0.05, 0.1) is 5.56 Å². The summed E-state index contributed by atoms with van der Waals surface area (Å²) in [7, 11) is 0. The van der Waals surface area contributed by atoms with E-state index in [1.165, 1.54) is 25.7 Å². The molecule has 4 rings (SSSR count). The standard InChI is InChI=1S/C18H22N4O/c23-18(22-10-3-5-14-4-1-2-6-16(14)22)15-7-8-17(20-12-15)21-11-9-19-13-21/h7-9,11-14,16H,1-6,10H2. The second kappa shape index (κ2) is 6.14. The maximum atomic E-state index is 12.9. The Hall–Kier alpha value is -2.17. The van der Waals surface area contributed by atoms with E-state index in [4.69, 9.17) is 0 Å². The van der Waals surface area contributed by atoms with E-state index in [2.05, 4.69) is 14.9 Å². The lowest BCUT2D eigenvalue weighted by molar-refractivity contribution is 0.0390. The fraction of sp³-hybridized carbons (Fsp3) is 0.500. The minimum Gasteiger partial charge on any atom is -0.335 e. The first-order valence-corrected chi connectivity index (χ1v) is 8.58. The number of aromatic nitrogens is 3. The van der Waals surface area contributed by atoms with Crippen LogP contribution in [0.2, 0.25) is 0 Å². The smallest absolute Gasteiger partial charge is 0.255 e. The number of carbonyl (C=O) groups is 1. The molecule has 2 aliphatic rings. The lowest BCUT2D eigenvalue weighted by Gasteiger charge is -2.44. The minimum absolute atomic E-state index is 0.145. The molecule has 5 nitrogen and oxygen atoms in total. The second-order valence-corrected chi connectivity index (χ2v) is 6.63. The predicted octanol–water partition coefficient (Wildman–Crippen LogP) is 3.06. The third-order valence-electron chi connectivity index (χ3n) is 5.27. The molecule has 2 unspecified atom stereocenters. The van der Waals surface area contributed by atoms with Crippen molar-refractivity contribution in [3.05, 3.63) is 42.6 Å². The normalized spacial score (nSPS) is 24.3. The van der Waals surface area contributed by atoms with Gasteiger partial charge in [-0.3, -0.25) is 9.36 Å². The van der Waals surface area contributed by atoms with Crippen molar-refractivity contribution in [3.8, 4) is 5.82 Å². The second-order valence-electron chi connectivity index (χ2n) is 6.63. The maximum absolute atomic E-state index is 12.9. The molecule has 1 aliphatic carbocycles. The molecule has 23 heavy (non-hydrogen) atoms. The zero-order valence-electron chi connectivity index (χ0n) is 13.3. The van der Waals surface area contributed by atoms with Crippen LogP contribution in [0, 0.1) is 5.92 Å². The van der Waals surface area contributed by atoms with E-state index in [9.17, 15) is 4.79 Å². The number of hydrogen-bond donors (Lipinski definition) is 0. The van der Waals surface area contributed by atoms with Crippen LogP contribution in [-0.4, -0.2) is 37.9 Å². The highest BCUT2D eigenvalue weighted by molar-refractivity contribution is 5.94. The van der Waals surface area contributed by atoms with Crippen molar-refractivity contribution in [3.63, 3.8) is 0 Å². The fourth-order valence-corrected chi connectivity index (χ4v) is 4.10. The number of pyridine rings is 1. The molecule has 0 bridgehead atoms. The zero-order valence-corrected chi connectivity index (χ0v) is 13.3. The molecular formula is C18H22N4O. The van der Waals surface area contributed by atoms with Crippen LogP contribution in [0.5, 0.6) is 0 Å². The van der Waals surface area contributed by atoms with Crippen molar-refractivity contribution >= 4 is 5.91 Å². The van der Waals surface area contributed by atoms with Crippen molar-refractivity contribution in [2.75, 3.05) is 6.54 Å². The summed E-state index contributed by atoms with van der Waals surface area (Å²) in [4.78, 5) is 23.5. The summed E-state index contributed by atoms with van der Waals surface area (Å²) in [5.41, 5.74) is 0.695. The Kier molecular flexibility index (Phi) is 3.85. The number of hydrogen-bond acceptors (Lipinski definition) is 3. The highest BCUT2D eigenvalue weighted by Crippen LogP contribution is 2.35. The number of rotatable bonds is 2. The van der Waals surface area contributed by atoms with E-state index in [0.29, 0.717) is 17.5 Å². The van der Waals surface area contributed by atoms with Crippen LogP contribution in [0.25, 0.3) is 5.82 Å². The molecule has 1 amide bonds. The molecule has 2 aromatic rings. The zero-order chi connectivity index (χ0) is 15.6. The Morgan fingerprint density at radius 1 is 1.13 bits per heavy atom. The number of likely N-dealkylation sites (tertiary alicyclic amines) is 1. The number of fused-ring (bicyclic) bond motifs is 1. The van der Waals surface area contributed by atoms with E-state index in [1.807, 2.05) is 22.9 Å². The number of nitrogens with zero attached hydrogens (tertiary/aromatic N) is 4. The number of imidazole rings is 1. The number of carbonyl (C=O) groups excluding carboxylic acids is 1. The largest absolute Gasteiger partial charge is 0.335 e. The Morgan fingerprint density at radius 3 is 2.78 bits per heavy atom. The van der Waals surface area contributed by atoms with Crippen molar-refractivity contribution in [2.45, 2.75) is 44.6 Å². The molecule has 2 aromatic heterocycles. The van der Waals surface area contributed by atoms with E-state index >= 15 is 0 Å². The van der Waals surface area contributed by atoms with Crippen molar-refractivity contribution in [1.82, 2.24) is 19.4 Å². The van der Waals surface area contributed by atoms with Gasteiger partial charge in [-0.15, -0.1) is 0 Å². The molecule has 0 N–H and O–H groups in total. The van der Waals surface area contributed by atoms with Crippen LogP contribution >= 0.6 is 0 Å². The average Bonchev–Trinajstić information content (AvgIpc) is 3.15. The van der Waals surface area contributed by atoms with E-state index < -0.39 is 0 Å². The SMILES string of the molecule is O=C(c1ccc(-n2ccnc2)nc1)N1CCCC2CCCCC21. The minimum atomic E-state index is 0.145. The first-order chi connectivity index (χ1) is 11.3. The molecule has 2 atom stereocenters. The van der Waals surface area contributed by atoms with Gasteiger partial charge in [-0.2, -0.15) is 0 Å². The third-order valence-corrected chi connectivity index (χ3v) is 5.27. The Labute approximate surface area is 136 Å². The average molecular weight is 310 g/mol. The van der Waals surface area contributed by atoms with Gasteiger partial charge in [-0.05, 0) is 43.7 Å². The highest BCUT2D eigenvalue weighted by atomic mass is 16.2. The molecule has 1 aliphatic heterocycles. The van der Waals surface area contributed by atoms with Crippen LogP contribution < -0.4 is 0 Å². The van der Waals surface area contributed by atoms with Gasteiger partial charge < -0.3 is 4.90 Å². The maximum Gasteiger partial charge on any atom is 0.255 e. The third kappa shape index (κ3) is 2.76. The van der Waals surface area contributed by atoms with Gasteiger partial charge in [-0.1, -0.05) is 12.8 Å². The van der Waals surface area contributed by atoms with E-state index in [-0.39, 0.29) is 5.91 Å². The van der Waals surface area contributed by atoms with Gasteiger partial charge in [-0.25, -0.2) is 9.97 Å². The molecule has 0 radical (unpaired) electrons. The molecule has 0 spiro atoms. The molecular weight excluding hydrogens is 288 g/mol. The van der Waals surface area contributed by atoms with Gasteiger partial charge in [0.25, 0.3) is 5.91 Å². The molecule has 5 heteroatoms. The lowest BCUT2D eigenvalue weighted by Crippen LogP contribution is -2.49. The predicted molar refractivity (Wildman–Crippen MR) is 87.4 cm³/mol. The monoisotopic (exact) mass is 310 g/mol. The topological polar surface area (TPSA) is 51.0 Å². The molecule has 1 saturated carbocycles. The quantitative estimate of drug-likeness (QED) is 0.856. The van der Waals surface area contributed by atoms with E-state index in [1.54, 1.807) is 18.7 Å². The molecule has 0 aromatic carbocycles. The van der Waals surface area contributed by atoms with Gasteiger partial charge >= 0.3 is 0 Å². The van der Waals surface area contributed by atoms with Crippen molar-refractivity contribution in [2.24, 2.45) is 5.92 Å². The van der Waals surface area contributed by atoms with Crippen molar-refractivity contribution < 1.29 is 4.79 Å². The van der Waals surface area contributed by atoms with Crippen LogP contribution in [0.4, 0.5) is 0 Å². The van der Waals surface area contributed by atoms with E-state index in [0.717, 1.165) is 25.2 Å². The van der Waals surface area contributed by atoms with Gasteiger partial charge in [0.1, 0.15) is 12.1 Å². The van der Waals surface area contributed by atoms with Crippen LogP contribution in [0.3, 0.4) is 0 Å². The molecule has 2 fully saturated rings. The summed E-state index contributed by atoms with van der Waals surface area (Å²) in [6, 6.07) is 4.22. The van der Waals surface area contributed by atoms with Gasteiger partial charge in [0, 0.05) is 31.2 Å². The van der Waals surface area contributed by atoms with Crippen molar-refractivity contribution in [1.29, 1.82) is 0 Å². The van der Waals surface area contributed by atoms with Crippen LogP contribution in [-0.2, 0) is 0 Å². The lowest BCUT2D eigenvalue weighted by atomic mass is 9.78. The Balaban J connectivity index is 1.54. The fourth-order valence-electron chi connectivity index (χ4n) is 4.10. The summed E-state index contributed by atoms with van der Waals surface area (Å²) in [6.45, 7) is 0.892. The molecule has 120 valence electrons. The summed E-state index contributed by atoms with van der Waals surface area (Å²) in [6.07, 6.45) is 14.4. The summed E-state index contributed by atoms with van der Waals surface area (Å²) >= 11 is 0. The van der Waals surface area contributed by atoms with Gasteiger partial charge in [0.15, 0.2) is 0 Å². The first-order valence-electron chi connectivity index (χ1n) is 8.58. The first kappa shape index (κ1) is 14.4. The molecule has 1 saturated heterocycles. The van der Waals surface area contributed by atoms with Gasteiger partial charge in [0.2, 0.25) is 0 Å². The Morgan fingerprint density at radius 2 is 2.00 bits per heavy atom. The Bertz CT molecular complexity index is 663. The highest BCUT2D eigenvalue weighted by Gasteiger charge is 2.35. The summed E-state index contributed by atoms with van der Waals surface area (Å²) in [5.74, 6) is 1.64. The molecule has 3 heterocycles.